The van der Waals surface area contributed by atoms with E-state index in [2.05, 4.69) is 27.7 Å². The third-order valence-corrected chi connectivity index (χ3v) is 11.1. The number of hydrogen-bond acceptors (Lipinski definition) is 3. The van der Waals surface area contributed by atoms with Gasteiger partial charge >= 0.3 is 0 Å². The number of hydrogen-bond donors (Lipinski definition) is 2. The monoisotopic (exact) mass is 434 g/mol. The highest BCUT2D eigenvalue weighted by Crippen LogP contribution is 2.69. The molecule has 0 aliphatic heterocycles. The highest BCUT2D eigenvalue weighted by Gasteiger charge is 2.64. The molecule has 31 heavy (non-hydrogen) atoms. The van der Waals surface area contributed by atoms with Crippen molar-refractivity contribution in [2.45, 2.75) is 123 Å². The maximum atomic E-state index is 10.8. The number of fused-ring (bicyclic) bond motifs is 5. The highest BCUT2D eigenvalue weighted by molar-refractivity contribution is 5.13. The molecular weight excluding hydrogens is 384 g/mol. The molecule has 4 rings (SSSR count). The van der Waals surface area contributed by atoms with E-state index in [1.165, 1.54) is 32.1 Å². The van der Waals surface area contributed by atoms with Gasteiger partial charge in [-0.2, -0.15) is 0 Å². The summed E-state index contributed by atoms with van der Waals surface area (Å²) in [6.07, 6.45) is 12.0. The van der Waals surface area contributed by atoms with E-state index in [0.29, 0.717) is 34.7 Å². The summed E-state index contributed by atoms with van der Waals surface area (Å²) < 4.78 is 6.34. The van der Waals surface area contributed by atoms with E-state index in [-0.39, 0.29) is 0 Å². The lowest BCUT2D eigenvalue weighted by atomic mass is 9.43. The Morgan fingerprint density at radius 3 is 2.35 bits per heavy atom. The Morgan fingerprint density at radius 2 is 1.71 bits per heavy atom. The molecule has 0 unspecified atom stereocenters. The zero-order valence-corrected chi connectivity index (χ0v) is 21.4. The van der Waals surface area contributed by atoms with Gasteiger partial charge in [0.05, 0.1) is 17.3 Å². The molecule has 0 radical (unpaired) electrons. The van der Waals surface area contributed by atoms with Gasteiger partial charge in [0.15, 0.2) is 0 Å². The number of methoxy groups -OCH3 is 1. The summed E-state index contributed by atoms with van der Waals surface area (Å²) in [6, 6.07) is 0. The first-order chi connectivity index (χ1) is 14.3. The molecule has 0 aromatic rings. The van der Waals surface area contributed by atoms with E-state index in [1.807, 2.05) is 21.0 Å². The SMILES string of the molecule is CO[C@@H]1C[C@]2(C)[C@@H]([C@H](C)CCC(C)(C)O)CC[C@H]2[C@@H]2CC[C@H]3C[C@@](C)(O)CC[C@]3(C)[C@H]21. The Morgan fingerprint density at radius 1 is 1.00 bits per heavy atom. The minimum absolute atomic E-state index is 0.317. The molecule has 0 amide bonds. The summed E-state index contributed by atoms with van der Waals surface area (Å²) in [5.41, 5.74) is -0.353. The fourth-order valence-electron chi connectivity index (χ4n) is 9.50. The summed E-state index contributed by atoms with van der Waals surface area (Å²) in [5.74, 6) is 4.29. The van der Waals surface area contributed by atoms with Crippen molar-refractivity contribution in [2.24, 2.45) is 46.3 Å². The standard InChI is InChI=1S/C28H50O3/c1-18(12-13-25(2,3)29)21-10-11-22-20-9-8-19-16-26(4,30)14-15-27(19,5)24(20)23(31-7)17-28(21,22)6/h18-24,29-30H,8-17H2,1-7H3/t18-,19+,20+,21-,22+,23-,24-,26+,27+,28-/m1/s1. The van der Waals surface area contributed by atoms with E-state index in [9.17, 15) is 10.2 Å². The zero-order chi connectivity index (χ0) is 22.8. The molecule has 2 N–H and O–H groups in total. The lowest BCUT2D eigenvalue weighted by molar-refractivity contribution is -0.197. The molecule has 0 aromatic carbocycles. The smallest absolute Gasteiger partial charge is 0.0622 e. The summed E-state index contributed by atoms with van der Waals surface area (Å²) in [6.45, 7) is 13.5. The van der Waals surface area contributed by atoms with Crippen molar-refractivity contribution in [3.63, 3.8) is 0 Å². The third kappa shape index (κ3) is 4.14. The molecule has 3 nitrogen and oxygen atoms in total. The van der Waals surface area contributed by atoms with E-state index in [0.717, 1.165) is 49.9 Å². The van der Waals surface area contributed by atoms with Gasteiger partial charge in [-0.3, -0.25) is 0 Å². The first-order valence-corrected chi connectivity index (χ1v) is 13.3. The normalized spacial score (nSPS) is 51.0. The van der Waals surface area contributed by atoms with Crippen LogP contribution in [0.3, 0.4) is 0 Å². The van der Waals surface area contributed by atoms with E-state index < -0.39 is 11.2 Å². The van der Waals surface area contributed by atoms with Gasteiger partial charge in [0, 0.05) is 7.11 Å². The van der Waals surface area contributed by atoms with Crippen LogP contribution in [0.4, 0.5) is 0 Å². The van der Waals surface area contributed by atoms with Crippen LogP contribution in [0.1, 0.15) is 106 Å². The molecule has 3 heteroatoms. The number of rotatable bonds is 5. The fraction of sp³-hybridized carbons (Fsp3) is 1.00. The lowest BCUT2D eigenvalue weighted by Gasteiger charge is -2.64. The van der Waals surface area contributed by atoms with Crippen LogP contribution in [0.25, 0.3) is 0 Å². The molecule has 0 saturated heterocycles. The van der Waals surface area contributed by atoms with Gasteiger partial charge in [0.2, 0.25) is 0 Å². The van der Waals surface area contributed by atoms with Crippen LogP contribution in [-0.2, 0) is 4.74 Å². The van der Waals surface area contributed by atoms with Gasteiger partial charge in [-0.1, -0.05) is 20.8 Å². The van der Waals surface area contributed by atoms with Crippen molar-refractivity contribution in [2.75, 3.05) is 7.11 Å². The molecule has 0 aromatic heterocycles. The maximum Gasteiger partial charge on any atom is 0.0622 e. The van der Waals surface area contributed by atoms with Gasteiger partial charge in [0.1, 0.15) is 0 Å². The van der Waals surface area contributed by atoms with Crippen LogP contribution in [0.2, 0.25) is 0 Å². The fourth-order valence-corrected chi connectivity index (χ4v) is 9.50. The molecule has 4 aliphatic rings. The second kappa shape index (κ2) is 7.98. The molecular formula is C28H50O3. The summed E-state index contributed by atoms with van der Waals surface area (Å²) >= 11 is 0. The average Bonchev–Trinajstić information content (AvgIpc) is 3.02. The zero-order valence-electron chi connectivity index (χ0n) is 21.4. The molecule has 4 fully saturated rings. The molecule has 10 atom stereocenters. The van der Waals surface area contributed by atoms with Crippen LogP contribution in [0.5, 0.6) is 0 Å². The van der Waals surface area contributed by atoms with Crippen molar-refractivity contribution >= 4 is 0 Å². The third-order valence-electron chi connectivity index (χ3n) is 11.1. The van der Waals surface area contributed by atoms with E-state index in [1.54, 1.807) is 0 Å². The Hall–Kier alpha value is -0.120. The summed E-state index contributed by atoms with van der Waals surface area (Å²) in [7, 11) is 1.96. The van der Waals surface area contributed by atoms with Gasteiger partial charge in [0.25, 0.3) is 0 Å². The maximum absolute atomic E-state index is 10.8. The van der Waals surface area contributed by atoms with Crippen molar-refractivity contribution in [3.05, 3.63) is 0 Å². The highest BCUT2D eigenvalue weighted by atomic mass is 16.5. The predicted molar refractivity (Wildman–Crippen MR) is 127 cm³/mol. The molecule has 0 bridgehead atoms. The van der Waals surface area contributed by atoms with Gasteiger partial charge in [-0.15, -0.1) is 0 Å². The van der Waals surface area contributed by atoms with Crippen LogP contribution in [0, 0.1) is 46.3 Å². The van der Waals surface area contributed by atoms with Gasteiger partial charge < -0.3 is 14.9 Å². The largest absolute Gasteiger partial charge is 0.390 e. The quantitative estimate of drug-likeness (QED) is 0.541. The average molecular weight is 435 g/mol. The molecule has 4 saturated carbocycles. The second-order valence-electron chi connectivity index (χ2n) is 13.8. The first-order valence-electron chi connectivity index (χ1n) is 13.3. The predicted octanol–water partition coefficient (Wildman–Crippen LogP) is 6.21. The topological polar surface area (TPSA) is 49.7 Å². The van der Waals surface area contributed by atoms with Crippen molar-refractivity contribution in [1.82, 2.24) is 0 Å². The van der Waals surface area contributed by atoms with Crippen molar-refractivity contribution in [1.29, 1.82) is 0 Å². The minimum Gasteiger partial charge on any atom is -0.390 e. The minimum atomic E-state index is -0.560. The lowest BCUT2D eigenvalue weighted by Crippen LogP contribution is -2.60. The summed E-state index contributed by atoms with van der Waals surface area (Å²) in [5, 5.41) is 21.1. The molecule has 0 spiro atoms. The first kappa shape index (κ1) is 24.0. The molecule has 4 aliphatic carbocycles. The van der Waals surface area contributed by atoms with Crippen LogP contribution >= 0.6 is 0 Å². The van der Waals surface area contributed by atoms with E-state index >= 15 is 0 Å². The molecule has 180 valence electrons. The van der Waals surface area contributed by atoms with E-state index in [4.69, 9.17) is 4.74 Å². The number of ether oxygens (including phenoxy) is 1. The second-order valence-corrected chi connectivity index (χ2v) is 13.8. The Balaban J connectivity index is 1.58. The summed E-state index contributed by atoms with van der Waals surface area (Å²) in [4.78, 5) is 0. The van der Waals surface area contributed by atoms with Crippen LogP contribution in [-0.4, -0.2) is 34.6 Å². The molecule has 0 heterocycles. The Bertz CT molecular complexity index is 651. The Labute approximate surface area is 191 Å². The van der Waals surface area contributed by atoms with Crippen molar-refractivity contribution in [3.8, 4) is 0 Å². The van der Waals surface area contributed by atoms with Gasteiger partial charge in [-0.05, 0) is 131 Å². The van der Waals surface area contributed by atoms with Crippen molar-refractivity contribution < 1.29 is 14.9 Å². The van der Waals surface area contributed by atoms with Crippen LogP contribution < -0.4 is 0 Å². The number of aliphatic hydroxyl groups is 2. The van der Waals surface area contributed by atoms with Gasteiger partial charge in [-0.25, -0.2) is 0 Å². The Kier molecular flexibility index (Phi) is 6.18. The van der Waals surface area contributed by atoms with Crippen LogP contribution in [0.15, 0.2) is 0 Å².